The quantitative estimate of drug-likeness (QED) is 0.887. The molecule has 1 N–H and O–H groups in total. The summed E-state index contributed by atoms with van der Waals surface area (Å²) in [6.07, 6.45) is 6.77. The standard InChI is InChI=1S/C23H28N2O2/c1-24(16-19-10-4-5-11-21(19)25-12-6-7-13-25)23(27)20-14-17-8-2-3-9-18(17)15-22(20)26/h4-5,10-11,14-15,26H,2-3,6-9,12-13,16H2,1H3. The Kier molecular flexibility index (Phi) is 5.06. The van der Waals surface area contributed by atoms with E-state index < -0.39 is 0 Å². The van der Waals surface area contributed by atoms with Crippen LogP contribution in [0, 0.1) is 0 Å². The minimum absolute atomic E-state index is 0.111. The van der Waals surface area contributed by atoms with Crippen LogP contribution in [0.4, 0.5) is 5.69 Å². The molecule has 2 aromatic carbocycles. The molecule has 1 amide bonds. The van der Waals surface area contributed by atoms with Crippen molar-refractivity contribution in [3.05, 3.63) is 58.7 Å². The molecule has 1 saturated heterocycles. The number of fused-ring (bicyclic) bond motifs is 1. The smallest absolute Gasteiger partial charge is 0.257 e. The molecule has 2 aromatic rings. The zero-order chi connectivity index (χ0) is 18.8. The van der Waals surface area contributed by atoms with E-state index in [9.17, 15) is 9.90 Å². The van der Waals surface area contributed by atoms with E-state index in [1.54, 1.807) is 11.0 Å². The first kappa shape index (κ1) is 17.9. The van der Waals surface area contributed by atoms with E-state index in [0.717, 1.165) is 44.3 Å². The lowest BCUT2D eigenvalue weighted by Crippen LogP contribution is -2.28. The number of anilines is 1. The number of para-hydroxylation sites is 1. The fourth-order valence-corrected chi connectivity index (χ4v) is 4.39. The number of hydrogen-bond donors (Lipinski definition) is 1. The Balaban J connectivity index is 1.55. The lowest BCUT2D eigenvalue weighted by atomic mass is 9.89. The molecule has 0 spiro atoms. The maximum absolute atomic E-state index is 13.0. The van der Waals surface area contributed by atoms with E-state index >= 15 is 0 Å². The summed E-state index contributed by atoms with van der Waals surface area (Å²) < 4.78 is 0. The Morgan fingerprint density at radius 1 is 1.04 bits per heavy atom. The molecule has 1 heterocycles. The van der Waals surface area contributed by atoms with E-state index in [1.165, 1.54) is 29.7 Å². The van der Waals surface area contributed by atoms with Gasteiger partial charge in [0.25, 0.3) is 5.91 Å². The van der Waals surface area contributed by atoms with Crippen LogP contribution in [0.15, 0.2) is 36.4 Å². The fraction of sp³-hybridized carbons (Fsp3) is 0.435. The predicted molar refractivity (Wildman–Crippen MR) is 108 cm³/mol. The van der Waals surface area contributed by atoms with Crippen molar-refractivity contribution in [2.75, 3.05) is 25.0 Å². The monoisotopic (exact) mass is 364 g/mol. The van der Waals surface area contributed by atoms with Gasteiger partial charge in [-0.2, -0.15) is 0 Å². The molecule has 0 saturated carbocycles. The summed E-state index contributed by atoms with van der Waals surface area (Å²) in [5.74, 6) is -0.00238. The molecule has 0 radical (unpaired) electrons. The largest absolute Gasteiger partial charge is 0.507 e. The predicted octanol–water partition coefficient (Wildman–Crippen LogP) is 4.14. The molecule has 142 valence electrons. The fourth-order valence-electron chi connectivity index (χ4n) is 4.39. The van der Waals surface area contributed by atoms with E-state index in [0.29, 0.717) is 12.1 Å². The number of phenols is 1. The number of carbonyl (C=O) groups excluding carboxylic acids is 1. The molecular weight excluding hydrogens is 336 g/mol. The van der Waals surface area contributed by atoms with Gasteiger partial charge in [0.1, 0.15) is 5.75 Å². The van der Waals surface area contributed by atoms with Gasteiger partial charge in [0.2, 0.25) is 0 Å². The van der Waals surface area contributed by atoms with Crippen LogP contribution < -0.4 is 4.90 Å². The van der Waals surface area contributed by atoms with Gasteiger partial charge in [0.05, 0.1) is 5.56 Å². The number of aromatic hydroxyl groups is 1. The molecular formula is C23H28N2O2. The van der Waals surface area contributed by atoms with Gasteiger partial charge >= 0.3 is 0 Å². The summed E-state index contributed by atoms with van der Waals surface area (Å²) in [6, 6.07) is 12.1. The summed E-state index contributed by atoms with van der Waals surface area (Å²) in [7, 11) is 1.82. The minimum Gasteiger partial charge on any atom is -0.507 e. The number of aryl methyl sites for hydroxylation is 2. The zero-order valence-corrected chi connectivity index (χ0v) is 16.1. The Hall–Kier alpha value is -2.49. The number of carbonyl (C=O) groups is 1. The summed E-state index contributed by atoms with van der Waals surface area (Å²) in [5, 5.41) is 10.4. The van der Waals surface area contributed by atoms with E-state index in [4.69, 9.17) is 0 Å². The van der Waals surface area contributed by atoms with Crippen molar-refractivity contribution >= 4 is 11.6 Å². The SMILES string of the molecule is CN(Cc1ccccc1N1CCCC1)C(=O)c1cc2c(cc1O)CCCC2. The maximum Gasteiger partial charge on any atom is 0.257 e. The highest BCUT2D eigenvalue weighted by atomic mass is 16.3. The average Bonchev–Trinajstić information content (AvgIpc) is 3.22. The minimum atomic E-state index is -0.114. The summed E-state index contributed by atoms with van der Waals surface area (Å²) in [5.41, 5.74) is 5.22. The molecule has 0 bridgehead atoms. The zero-order valence-electron chi connectivity index (χ0n) is 16.1. The second-order valence-electron chi connectivity index (χ2n) is 7.83. The molecule has 1 aliphatic heterocycles. The van der Waals surface area contributed by atoms with Gasteiger partial charge in [-0.25, -0.2) is 0 Å². The summed E-state index contributed by atoms with van der Waals surface area (Å²) in [4.78, 5) is 17.2. The van der Waals surface area contributed by atoms with Crippen LogP contribution in [0.3, 0.4) is 0 Å². The first-order valence-electron chi connectivity index (χ1n) is 10.1. The van der Waals surface area contributed by atoms with Crippen molar-refractivity contribution in [1.29, 1.82) is 0 Å². The van der Waals surface area contributed by atoms with Gasteiger partial charge in [-0.05, 0) is 73.4 Å². The van der Waals surface area contributed by atoms with Crippen LogP contribution in [0.2, 0.25) is 0 Å². The van der Waals surface area contributed by atoms with Gasteiger partial charge in [-0.3, -0.25) is 4.79 Å². The third kappa shape index (κ3) is 3.66. The lowest BCUT2D eigenvalue weighted by molar-refractivity contribution is 0.0782. The van der Waals surface area contributed by atoms with Gasteiger partial charge < -0.3 is 14.9 Å². The van der Waals surface area contributed by atoms with Crippen molar-refractivity contribution in [3.63, 3.8) is 0 Å². The number of benzene rings is 2. The number of phenolic OH excluding ortho intramolecular Hbond substituents is 1. The maximum atomic E-state index is 13.0. The molecule has 0 aromatic heterocycles. The van der Waals surface area contributed by atoms with Crippen LogP contribution >= 0.6 is 0 Å². The van der Waals surface area contributed by atoms with Crippen LogP contribution in [-0.2, 0) is 19.4 Å². The van der Waals surface area contributed by atoms with Crippen molar-refractivity contribution in [2.45, 2.75) is 45.1 Å². The molecule has 4 heteroatoms. The van der Waals surface area contributed by atoms with Crippen molar-refractivity contribution in [1.82, 2.24) is 4.90 Å². The van der Waals surface area contributed by atoms with Crippen molar-refractivity contribution < 1.29 is 9.90 Å². The third-order valence-electron chi connectivity index (χ3n) is 5.88. The van der Waals surface area contributed by atoms with Crippen LogP contribution in [0.25, 0.3) is 0 Å². The Bertz CT molecular complexity index is 840. The normalized spacial score (nSPS) is 16.3. The number of hydrogen-bond acceptors (Lipinski definition) is 3. The molecule has 0 atom stereocenters. The second-order valence-corrected chi connectivity index (χ2v) is 7.83. The summed E-state index contributed by atoms with van der Waals surface area (Å²) >= 11 is 0. The molecule has 1 aliphatic carbocycles. The first-order chi connectivity index (χ1) is 13.1. The average molecular weight is 364 g/mol. The first-order valence-corrected chi connectivity index (χ1v) is 10.1. The molecule has 27 heavy (non-hydrogen) atoms. The number of rotatable bonds is 4. The Morgan fingerprint density at radius 3 is 2.44 bits per heavy atom. The Morgan fingerprint density at radius 2 is 1.70 bits per heavy atom. The molecule has 4 nitrogen and oxygen atoms in total. The Labute approximate surface area is 161 Å². The lowest BCUT2D eigenvalue weighted by Gasteiger charge is -2.25. The highest BCUT2D eigenvalue weighted by molar-refractivity contribution is 5.97. The second kappa shape index (κ2) is 7.63. The highest BCUT2D eigenvalue weighted by Crippen LogP contribution is 2.30. The van der Waals surface area contributed by atoms with E-state index in [2.05, 4.69) is 23.1 Å². The van der Waals surface area contributed by atoms with Crippen LogP contribution in [-0.4, -0.2) is 36.1 Å². The highest BCUT2D eigenvalue weighted by Gasteiger charge is 2.22. The topological polar surface area (TPSA) is 43.8 Å². The third-order valence-corrected chi connectivity index (χ3v) is 5.88. The van der Waals surface area contributed by atoms with E-state index in [-0.39, 0.29) is 11.7 Å². The summed E-state index contributed by atoms with van der Waals surface area (Å²) in [6.45, 7) is 2.71. The van der Waals surface area contributed by atoms with Gasteiger partial charge in [0.15, 0.2) is 0 Å². The van der Waals surface area contributed by atoms with E-state index in [1.807, 2.05) is 19.2 Å². The molecule has 1 fully saturated rings. The van der Waals surface area contributed by atoms with Crippen LogP contribution in [0.5, 0.6) is 5.75 Å². The molecule has 4 rings (SSSR count). The molecule has 0 unspecified atom stereocenters. The number of amides is 1. The molecule has 2 aliphatic rings. The van der Waals surface area contributed by atoms with Gasteiger partial charge in [0, 0.05) is 32.4 Å². The van der Waals surface area contributed by atoms with Crippen molar-refractivity contribution in [2.24, 2.45) is 0 Å². The number of nitrogens with zero attached hydrogens (tertiary/aromatic N) is 2. The van der Waals surface area contributed by atoms with Crippen LogP contribution in [0.1, 0.15) is 52.7 Å². The van der Waals surface area contributed by atoms with Crippen molar-refractivity contribution in [3.8, 4) is 5.75 Å². The van der Waals surface area contributed by atoms with Gasteiger partial charge in [-0.1, -0.05) is 18.2 Å². The van der Waals surface area contributed by atoms with Gasteiger partial charge in [-0.15, -0.1) is 0 Å².